The minimum atomic E-state index is -4.25. The third-order valence-electron chi connectivity index (χ3n) is 7.00. The summed E-state index contributed by atoms with van der Waals surface area (Å²) in [5.74, 6) is -0.938. The summed E-state index contributed by atoms with van der Waals surface area (Å²) in [5.41, 5.74) is 5.13. The molecule has 5 atom stereocenters. The van der Waals surface area contributed by atoms with Gasteiger partial charge < -0.3 is 24.8 Å². The molecule has 1 fully saturated rings. The van der Waals surface area contributed by atoms with Crippen LogP contribution in [-0.2, 0) is 29.0 Å². The maximum Gasteiger partial charge on any atom is 0.459 e. The van der Waals surface area contributed by atoms with Crippen LogP contribution in [0.1, 0.15) is 19.5 Å². The molecule has 2 aromatic carbocycles. The van der Waals surface area contributed by atoms with Gasteiger partial charge in [-0.2, -0.15) is 10.4 Å². The van der Waals surface area contributed by atoms with Crippen LogP contribution in [0.3, 0.4) is 0 Å². The molecule has 3 heterocycles. The van der Waals surface area contributed by atoms with E-state index in [1.54, 1.807) is 44.2 Å². The number of nitriles is 1. The molecule has 2 aromatic heterocycles. The number of carbonyl (C=O) groups excluding carboxylic acids is 1. The van der Waals surface area contributed by atoms with Crippen LogP contribution in [0.4, 0.5) is 5.82 Å². The summed E-state index contributed by atoms with van der Waals surface area (Å²) < 4.78 is 38.1. The number of aliphatic hydroxyl groups excluding tert-OH is 1. The van der Waals surface area contributed by atoms with Crippen LogP contribution >= 0.6 is 7.75 Å². The summed E-state index contributed by atoms with van der Waals surface area (Å²) in [6.07, 6.45) is -1.04. The molecule has 4 N–H and O–H groups in total. The third kappa shape index (κ3) is 5.36. The summed E-state index contributed by atoms with van der Waals surface area (Å²) in [6, 6.07) is 18.0. The lowest BCUT2D eigenvalue weighted by atomic mass is 9.85. The monoisotopic (exact) mass is 580 g/mol. The topological polar surface area (TPSA) is 183 Å². The average Bonchev–Trinajstić information content (AvgIpc) is 3.52. The maximum absolute atomic E-state index is 14.0. The van der Waals surface area contributed by atoms with E-state index < -0.39 is 50.6 Å². The second-order valence-corrected chi connectivity index (χ2v) is 11.2. The minimum absolute atomic E-state index is 0.136. The van der Waals surface area contributed by atoms with Gasteiger partial charge in [-0.3, -0.25) is 9.32 Å². The molecule has 4 aromatic rings. The molecule has 0 amide bonds. The van der Waals surface area contributed by atoms with Crippen molar-refractivity contribution in [3.8, 4) is 11.8 Å². The number of nitrogens with one attached hydrogen (secondary N) is 1. The van der Waals surface area contributed by atoms with E-state index in [-0.39, 0.29) is 18.2 Å². The molecule has 0 aliphatic carbocycles. The van der Waals surface area contributed by atoms with E-state index in [1.165, 1.54) is 10.8 Å². The van der Waals surface area contributed by atoms with Gasteiger partial charge >= 0.3 is 13.7 Å². The molecule has 41 heavy (non-hydrogen) atoms. The van der Waals surface area contributed by atoms with Crippen molar-refractivity contribution < 1.29 is 33.0 Å². The number of hydrogen-bond donors (Lipinski definition) is 3. The van der Waals surface area contributed by atoms with Crippen LogP contribution in [0.2, 0.25) is 0 Å². The van der Waals surface area contributed by atoms with Crippen molar-refractivity contribution in [3.63, 3.8) is 0 Å². The highest BCUT2D eigenvalue weighted by atomic mass is 31.2. The number of aliphatic hydroxyl groups is 1. The Hall–Kier alpha value is -4.05. The van der Waals surface area contributed by atoms with Gasteiger partial charge in [0.2, 0.25) is 5.60 Å². The highest BCUT2D eigenvalue weighted by Crippen LogP contribution is 2.49. The standard InChI is InChI=1S/C27H29N6O7P/c1-3-37-24(34)13-32-41(36,40-21-10-6-8-18-7-4-5-9-19(18)21)38-14-22-25(35)17(2)27(15-28,39-22)23-12-11-20-26(29)30-16-31-33(20)23/h4-12,16-17,22,25,35H,3,13-14H2,1-2H3,(H,32,36)(H2,29,30,31)/t17-,22+,25-,27+,41?/m0/s1. The number of hydrogen-bond acceptors (Lipinski definition) is 11. The second-order valence-electron chi connectivity index (χ2n) is 9.45. The molecule has 14 heteroatoms. The summed E-state index contributed by atoms with van der Waals surface area (Å²) in [4.78, 5) is 16.0. The molecule has 5 rings (SSSR count). The number of benzene rings is 2. The second kappa shape index (κ2) is 11.4. The molecule has 0 spiro atoms. The Morgan fingerprint density at radius 2 is 2.05 bits per heavy atom. The lowest BCUT2D eigenvalue weighted by molar-refractivity contribution is -0.141. The molecule has 1 aliphatic heterocycles. The minimum Gasteiger partial charge on any atom is -0.465 e. The van der Waals surface area contributed by atoms with Gasteiger partial charge in [0.25, 0.3) is 0 Å². The third-order valence-corrected chi connectivity index (χ3v) is 8.47. The fourth-order valence-electron chi connectivity index (χ4n) is 4.88. The first kappa shape index (κ1) is 28.5. The quantitative estimate of drug-likeness (QED) is 0.184. The lowest BCUT2D eigenvalue weighted by Crippen LogP contribution is -2.34. The number of aromatic nitrogens is 3. The summed E-state index contributed by atoms with van der Waals surface area (Å²) >= 11 is 0. The summed E-state index contributed by atoms with van der Waals surface area (Å²) in [5, 5.41) is 29.7. The fraction of sp³-hybridized carbons (Fsp3) is 0.333. The Morgan fingerprint density at radius 1 is 1.27 bits per heavy atom. The van der Waals surface area contributed by atoms with Gasteiger partial charge in [0.05, 0.1) is 25.0 Å². The number of anilines is 1. The first-order valence-corrected chi connectivity index (χ1v) is 14.4. The number of nitrogen functional groups attached to an aromatic ring is 1. The molecule has 1 unspecified atom stereocenters. The Labute approximate surface area is 235 Å². The Morgan fingerprint density at radius 3 is 2.83 bits per heavy atom. The van der Waals surface area contributed by atoms with Crippen LogP contribution in [0.25, 0.3) is 16.3 Å². The van der Waals surface area contributed by atoms with E-state index >= 15 is 0 Å². The van der Waals surface area contributed by atoms with Crippen molar-refractivity contribution in [2.75, 3.05) is 25.5 Å². The Kier molecular flexibility index (Phi) is 7.95. The summed E-state index contributed by atoms with van der Waals surface area (Å²) in [6.45, 7) is 2.55. The first-order chi connectivity index (χ1) is 19.7. The number of rotatable bonds is 10. The van der Waals surface area contributed by atoms with Gasteiger partial charge in [-0.25, -0.2) is 19.2 Å². The van der Waals surface area contributed by atoms with Crippen LogP contribution in [-0.4, -0.2) is 57.6 Å². The molecular weight excluding hydrogens is 551 g/mol. The van der Waals surface area contributed by atoms with Crippen molar-refractivity contribution >= 4 is 35.8 Å². The van der Waals surface area contributed by atoms with Crippen molar-refractivity contribution in [2.24, 2.45) is 5.92 Å². The largest absolute Gasteiger partial charge is 0.465 e. The van der Waals surface area contributed by atoms with Crippen molar-refractivity contribution in [3.05, 3.63) is 66.6 Å². The smallest absolute Gasteiger partial charge is 0.459 e. The number of fused-ring (bicyclic) bond motifs is 2. The zero-order valence-corrected chi connectivity index (χ0v) is 23.2. The van der Waals surface area contributed by atoms with Gasteiger partial charge in [0.15, 0.2) is 5.82 Å². The van der Waals surface area contributed by atoms with Gasteiger partial charge in [-0.1, -0.05) is 43.3 Å². The molecule has 13 nitrogen and oxygen atoms in total. The van der Waals surface area contributed by atoms with Crippen LogP contribution in [0.15, 0.2) is 60.9 Å². The zero-order valence-electron chi connectivity index (χ0n) is 22.3. The summed E-state index contributed by atoms with van der Waals surface area (Å²) in [7, 11) is -4.25. The predicted octanol–water partition coefficient (Wildman–Crippen LogP) is 2.94. The van der Waals surface area contributed by atoms with E-state index in [4.69, 9.17) is 24.3 Å². The van der Waals surface area contributed by atoms with Gasteiger partial charge in [-0.15, -0.1) is 0 Å². The molecule has 0 bridgehead atoms. The fourth-order valence-corrected chi connectivity index (χ4v) is 6.17. The van der Waals surface area contributed by atoms with Crippen LogP contribution in [0.5, 0.6) is 5.75 Å². The number of nitrogens with two attached hydrogens (primary N) is 1. The molecule has 1 saturated heterocycles. The van der Waals surface area contributed by atoms with Crippen molar-refractivity contribution in [1.82, 2.24) is 19.7 Å². The van der Waals surface area contributed by atoms with E-state index in [9.17, 15) is 19.7 Å². The van der Waals surface area contributed by atoms with Gasteiger partial charge in [0, 0.05) is 11.3 Å². The molecule has 0 radical (unpaired) electrons. The highest BCUT2D eigenvalue weighted by Gasteiger charge is 2.56. The molecule has 214 valence electrons. The number of nitrogens with zero attached hydrogens (tertiary/aromatic N) is 4. The number of esters is 1. The van der Waals surface area contributed by atoms with E-state index in [0.29, 0.717) is 16.6 Å². The van der Waals surface area contributed by atoms with Gasteiger partial charge in [-0.05, 0) is 30.5 Å². The van der Waals surface area contributed by atoms with E-state index in [2.05, 4.69) is 21.2 Å². The number of carbonyl (C=O) groups is 1. The van der Waals surface area contributed by atoms with E-state index in [1.807, 2.05) is 24.3 Å². The van der Waals surface area contributed by atoms with E-state index in [0.717, 1.165) is 5.39 Å². The normalized spacial score (nSPS) is 23.7. The Bertz CT molecular complexity index is 1670. The van der Waals surface area contributed by atoms with Crippen molar-refractivity contribution in [2.45, 2.75) is 31.7 Å². The maximum atomic E-state index is 14.0. The highest BCUT2D eigenvalue weighted by molar-refractivity contribution is 7.52. The average molecular weight is 581 g/mol. The SMILES string of the molecule is CCOC(=O)CNP(=O)(OC[C@H]1O[C@@](C#N)(c2ccc3c(N)ncnn23)[C@@H](C)[C@@H]1O)Oc1cccc2ccccc12. The van der Waals surface area contributed by atoms with Crippen LogP contribution < -0.4 is 15.3 Å². The number of ether oxygens (including phenoxy) is 2. The zero-order chi connectivity index (χ0) is 29.2. The van der Waals surface area contributed by atoms with Crippen molar-refractivity contribution in [1.29, 1.82) is 5.26 Å². The predicted molar refractivity (Wildman–Crippen MR) is 148 cm³/mol. The molecular formula is C27H29N6O7P. The Balaban J connectivity index is 1.41. The molecule has 1 aliphatic rings. The lowest BCUT2D eigenvalue weighted by Gasteiger charge is -2.25. The van der Waals surface area contributed by atoms with Crippen LogP contribution in [0, 0.1) is 17.2 Å². The molecule has 0 saturated carbocycles. The first-order valence-electron chi connectivity index (χ1n) is 12.9. The van der Waals surface area contributed by atoms with Gasteiger partial charge in [0.1, 0.15) is 36.3 Å².